The normalized spacial score (nSPS) is 11.9. The van der Waals surface area contributed by atoms with Crippen molar-refractivity contribution in [2.45, 2.75) is 32.6 Å². The van der Waals surface area contributed by atoms with E-state index in [1.165, 1.54) is 0 Å². The molecule has 0 spiro atoms. The Balaban J connectivity index is 1.44. The molecule has 1 unspecified atom stereocenters. The second-order valence-electron chi connectivity index (χ2n) is 8.33. The van der Waals surface area contributed by atoms with Crippen molar-refractivity contribution in [1.29, 1.82) is 0 Å². The molecule has 0 radical (unpaired) electrons. The van der Waals surface area contributed by atoms with E-state index in [1.807, 2.05) is 49.7 Å². The molecule has 1 atom stereocenters. The maximum atomic E-state index is 12.6. The van der Waals surface area contributed by atoms with Crippen LogP contribution in [0.2, 0.25) is 0 Å². The summed E-state index contributed by atoms with van der Waals surface area (Å²) in [6.07, 6.45) is 5.27. The van der Waals surface area contributed by atoms with Crippen molar-refractivity contribution in [3.05, 3.63) is 71.8 Å². The van der Waals surface area contributed by atoms with Gasteiger partial charge in [-0.3, -0.25) is 19.6 Å². The zero-order chi connectivity index (χ0) is 24.2. The molecule has 4 rings (SSSR count). The summed E-state index contributed by atoms with van der Waals surface area (Å²) in [6, 6.07) is 11.2. The van der Waals surface area contributed by atoms with Gasteiger partial charge >= 0.3 is 5.97 Å². The number of aromatic nitrogens is 4. The zero-order valence-corrected chi connectivity index (χ0v) is 19.2. The van der Waals surface area contributed by atoms with Crippen LogP contribution in [0.1, 0.15) is 36.1 Å². The standard InChI is InChI=1S/C25H26N6O3/c1-15-8-9-26-14-21(15)30-25-29-20-6-4-17(11-22(20)31(25)3)12-23(32)28-18-5-7-19(27-13-18)16(2)10-24(33)34/h4-9,11,13-14,16H,10,12H2,1-3H3,(H,28,32)(H,29,30)(H,33,34). The summed E-state index contributed by atoms with van der Waals surface area (Å²) in [5.74, 6) is -0.545. The highest BCUT2D eigenvalue weighted by Crippen LogP contribution is 2.24. The Hall–Kier alpha value is -4.27. The number of carboxylic acid groups (broad SMARTS) is 1. The number of benzene rings is 1. The number of fused-ring (bicyclic) bond motifs is 1. The van der Waals surface area contributed by atoms with Crippen LogP contribution >= 0.6 is 0 Å². The van der Waals surface area contributed by atoms with Crippen molar-refractivity contribution in [2.75, 3.05) is 10.6 Å². The molecule has 3 heterocycles. The summed E-state index contributed by atoms with van der Waals surface area (Å²) in [5.41, 5.74) is 5.79. The van der Waals surface area contributed by atoms with Gasteiger partial charge in [-0.2, -0.15) is 0 Å². The number of amides is 1. The Labute approximate surface area is 196 Å². The smallest absolute Gasteiger partial charge is 0.304 e. The van der Waals surface area contributed by atoms with Gasteiger partial charge < -0.3 is 20.3 Å². The van der Waals surface area contributed by atoms with Gasteiger partial charge in [0.05, 0.1) is 47.6 Å². The SMILES string of the molecule is Cc1ccncc1Nc1nc2ccc(CC(=O)Nc3ccc(C(C)CC(=O)O)nc3)cc2n1C. The van der Waals surface area contributed by atoms with Gasteiger partial charge in [0.1, 0.15) is 0 Å². The van der Waals surface area contributed by atoms with Gasteiger partial charge in [0, 0.05) is 24.9 Å². The molecule has 0 saturated carbocycles. The number of aryl methyl sites for hydroxylation is 2. The molecule has 0 aliphatic heterocycles. The lowest BCUT2D eigenvalue weighted by molar-refractivity contribution is -0.137. The summed E-state index contributed by atoms with van der Waals surface area (Å²) in [7, 11) is 1.92. The summed E-state index contributed by atoms with van der Waals surface area (Å²) < 4.78 is 1.95. The van der Waals surface area contributed by atoms with Crippen LogP contribution in [0.3, 0.4) is 0 Å². The third kappa shape index (κ3) is 5.20. The van der Waals surface area contributed by atoms with E-state index in [0.717, 1.165) is 27.8 Å². The van der Waals surface area contributed by atoms with Crippen LogP contribution in [0.5, 0.6) is 0 Å². The van der Waals surface area contributed by atoms with Crippen LogP contribution in [-0.4, -0.2) is 36.5 Å². The summed E-state index contributed by atoms with van der Waals surface area (Å²) in [5, 5.41) is 15.1. The number of nitrogens with zero attached hydrogens (tertiary/aromatic N) is 4. The number of hydrogen-bond donors (Lipinski definition) is 3. The lowest BCUT2D eigenvalue weighted by atomic mass is 10.0. The predicted molar refractivity (Wildman–Crippen MR) is 130 cm³/mol. The minimum absolute atomic E-state index is 0.00821. The molecule has 174 valence electrons. The lowest BCUT2D eigenvalue weighted by Gasteiger charge is -2.10. The average molecular weight is 459 g/mol. The minimum atomic E-state index is -0.868. The fourth-order valence-corrected chi connectivity index (χ4v) is 3.70. The Morgan fingerprint density at radius 3 is 2.68 bits per heavy atom. The van der Waals surface area contributed by atoms with Crippen LogP contribution in [0.15, 0.2) is 55.0 Å². The molecule has 0 bridgehead atoms. The number of carboxylic acids is 1. The second-order valence-corrected chi connectivity index (χ2v) is 8.33. The van der Waals surface area contributed by atoms with E-state index in [4.69, 9.17) is 5.11 Å². The molecule has 0 aliphatic rings. The van der Waals surface area contributed by atoms with E-state index < -0.39 is 5.97 Å². The first-order chi connectivity index (χ1) is 16.3. The van der Waals surface area contributed by atoms with Crippen molar-refractivity contribution < 1.29 is 14.7 Å². The van der Waals surface area contributed by atoms with Crippen LogP contribution in [0.25, 0.3) is 11.0 Å². The molecule has 0 saturated heterocycles. The third-order valence-electron chi connectivity index (χ3n) is 5.65. The Kier molecular flexibility index (Phi) is 6.53. The zero-order valence-electron chi connectivity index (χ0n) is 19.2. The van der Waals surface area contributed by atoms with E-state index in [-0.39, 0.29) is 24.7 Å². The quantitative estimate of drug-likeness (QED) is 0.362. The van der Waals surface area contributed by atoms with Crippen LogP contribution < -0.4 is 10.6 Å². The van der Waals surface area contributed by atoms with Gasteiger partial charge in [-0.25, -0.2) is 4.98 Å². The van der Waals surface area contributed by atoms with Gasteiger partial charge in [-0.1, -0.05) is 13.0 Å². The van der Waals surface area contributed by atoms with Gasteiger partial charge in [-0.15, -0.1) is 0 Å². The first-order valence-corrected chi connectivity index (χ1v) is 10.9. The fourth-order valence-electron chi connectivity index (χ4n) is 3.70. The number of imidazole rings is 1. The number of carbonyl (C=O) groups excluding carboxylic acids is 1. The van der Waals surface area contributed by atoms with Crippen molar-refractivity contribution in [1.82, 2.24) is 19.5 Å². The predicted octanol–water partition coefficient (Wildman–Crippen LogP) is 4.17. The number of rotatable bonds is 8. The molecular weight excluding hydrogens is 432 g/mol. The molecule has 4 aromatic rings. The molecule has 1 aromatic carbocycles. The number of hydrogen-bond acceptors (Lipinski definition) is 6. The topological polar surface area (TPSA) is 122 Å². The van der Waals surface area contributed by atoms with E-state index in [9.17, 15) is 9.59 Å². The van der Waals surface area contributed by atoms with Gasteiger partial charge in [-0.05, 0) is 48.4 Å². The van der Waals surface area contributed by atoms with Crippen LogP contribution in [-0.2, 0) is 23.1 Å². The number of carbonyl (C=O) groups is 2. The maximum Gasteiger partial charge on any atom is 0.304 e. The molecule has 9 heteroatoms. The third-order valence-corrected chi connectivity index (χ3v) is 5.65. The molecular formula is C25H26N6O3. The molecule has 0 fully saturated rings. The van der Waals surface area contributed by atoms with Gasteiger partial charge in [0.2, 0.25) is 11.9 Å². The highest BCUT2D eigenvalue weighted by atomic mass is 16.4. The number of pyridine rings is 2. The van der Waals surface area contributed by atoms with Crippen molar-refractivity contribution >= 4 is 40.2 Å². The summed E-state index contributed by atoms with van der Waals surface area (Å²) in [4.78, 5) is 36.6. The Morgan fingerprint density at radius 2 is 1.97 bits per heavy atom. The number of anilines is 3. The molecule has 3 aromatic heterocycles. The second kappa shape index (κ2) is 9.70. The Morgan fingerprint density at radius 1 is 1.15 bits per heavy atom. The summed E-state index contributed by atoms with van der Waals surface area (Å²) >= 11 is 0. The summed E-state index contributed by atoms with van der Waals surface area (Å²) in [6.45, 7) is 3.81. The first-order valence-electron chi connectivity index (χ1n) is 10.9. The molecule has 3 N–H and O–H groups in total. The first kappa shape index (κ1) is 22.9. The van der Waals surface area contributed by atoms with E-state index in [0.29, 0.717) is 17.3 Å². The van der Waals surface area contributed by atoms with E-state index in [2.05, 4.69) is 25.6 Å². The van der Waals surface area contributed by atoms with Crippen molar-refractivity contribution in [3.63, 3.8) is 0 Å². The number of aliphatic carboxylic acids is 1. The van der Waals surface area contributed by atoms with E-state index >= 15 is 0 Å². The van der Waals surface area contributed by atoms with Gasteiger partial charge in [0.25, 0.3) is 0 Å². The fraction of sp³-hybridized carbons (Fsp3) is 0.240. The molecule has 34 heavy (non-hydrogen) atoms. The van der Waals surface area contributed by atoms with Crippen LogP contribution in [0.4, 0.5) is 17.3 Å². The average Bonchev–Trinajstić information content (AvgIpc) is 3.10. The Bertz CT molecular complexity index is 1350. The highest BCUT2D eigenvalue weighted by Gasteiger charge is 2.13. The lowest BCUT2D eigenvalue weighted by Crippen LogP contribution is -2.15. The van der Waals surface area contributed by atoms with Gasteiger partial charge in [0.15, 0.2) is 0 Å². The maximum absolute atomic E-state index is 12.6. The monoisotopic (exact) mass is 458 g/mol. The van der Waals surface area contributed by atoms with Crippen molar-refractivity contribution in [3.8, 4) is 0 Å². The van der Waals surface area contributed by atoms with Crippen molar-refractivity contribution in [2.24, 2.45) is 7.05 Å². The molecule has 1 amide bonds. The largest absolute Gasteiger partial charge is 0.481 e. The molecule has 9 nitrogen and oxygen atoms in total. The number of nitrogens with one attached hydrogen (secondary N) is 2. The highest BCUT2D eigenvalue weighted by molar-refractivity contribution is 5.93. The molecule has 0 aliphatic carbocycles. The minimum Gasteiger partial charge on any atom is -0.481 e. The van der Waals surface area contributed by atoms with Crippen LogP contribution in [0, 0.1) is 6.92 Å². The van der Waals surface area contributed by atoms with E-state index in [1.54, 1.807) is 30.7 Å².